The zero-order valence-corrected chi connectivity index (χ0v) is 13.0. The molecule has 0 aromatic carbocycles. The highest BCUT2D eigenvalue weighted by atomic mass is 32.1. The highest BCUT2D eigenvalue weighted by Crippen LogP contribution is 2.04. The van der Waals surface area contributed by atoms with Gasteiger partial charge in [-0.05, 0) is 19.9 Å². The van der Waals surface area contributed by atoms with E-state index in [9.17, 15) is 4.79 Å². The standard InChI is InChI=1S/C14H19N5OS/c1-10-9-11(2)19-14(18-10)17-5-3-12(20)15-6-4-13-16-7-8-21-13/h7-9H,3-6H2,1-2H3,(H,15,20)(H,17,18,19). The van der Waals surface area contributed by atoms with Gasteiger partial charge in [-0.3, -0.25) is 4.79 Å². The number of rotatable bonds is 7. The van der Waals surface area contributed by atoms with Gasteiger partial charge in [0.1, 0.15) is 0 Å². The molecule has 0 atom stereocenters. The molecule has 0 aliphatic carbocycles. The molecule has 7 heteroatoms. The number of nitrogens with zero attached hydrogens (tertiary/aromatic N) is 3. The Morgan fingerprint density at radius 1 is 1.24 bits per heavy atom. The molecule has 21 heavy (non-hydrogen) atoms. The number of carbonyl (C=O) groups excluding carboxylic acids is 1. The van der Waals surface area contributed by atoms with Gasteiger partial charge in [0.15, 0.2) is 0 Å². The Hall–Kier alpha value is -2.02. The lowest BCUT2D eigenvalue weighted by Gasteiger charge is -2.07. The van der Waals surface area contributed by atoms with Crippen molar-refractivity contribution in [3.63, 3.8) is 0 Å². The Morgan fingerprint density at radius 2 is 2.00 bits per heavy atom. The first-order valence-electron chi connectivity index (χ1n) is 6.85. The average molecular weight is 305 g/mol. The van der Waals surface area contributed by atoms with E-state index in [0.29, 0.717) is 25.5 Å². The summed E-state index contributed by atoms with van der Waals surface area (Å²) in [5.41, 5.74) is 1.83. The summed E-state index contributed by atoms with van der Waals surface area (Å²) in [6.07, 6.45) is 2.95. The van der Waals surface area contributed by atoms with E-state index in [0.717, 1.165) is 22.8 Å². The van der Waals surface area contributed by atoms with Crippen LogP contribution in [-0.2, 0) is 11.2 Å². The summed E-state index contributed by atoms with van der Waals surface area (Å²) in [5, 5.41) is 8.92. The van der Waals surface area contributed by atoms with Crippen molar-refractivity contribution in [1.82, 2.24) is 20.3 Å². The monoisotopic (exact) mass is 305 g/mol. The van der Waals surface area contributed by atoms with E-state index in [-0.39, 0.29) is 5.91 Å². The van der Waals surface area contributed by atoms with Gasteiger partial charge < -0.3 is 10.6 Å². The molecule has 0 aliphatic rings. The Morgan fingerprint density at radius 3 is 2.67 bits per heavy atom. The minimum absolute atomic E-state index is 0.0171. The number of amides is 1. The van der Waals surface area contributed by atoms with Crippen LogP contribution in [0.1, 0.15) is 22.8 Å². The van der Waals surface area contributed by atoms with Crippen LogP contribution in [0, 0.1) is 13.8 Å². The third-order valence-electron chi connectivity index (χ3n) is 2.76. The van der Waals surface area contributed by atoms with Crippen LogP contribution in [0.25, 0.3) is 0 Å². The third-order valence-corrected chi connectivity index (χ3v) is 3.60. The van der Waals surface area contributed by atoms with Gasteiger partial charge in [-0.1, -0.05) is 0 Å². The van der Waals surface area contributed by atoms with Crippen LogP contribution in [-0.4, -0.2) is 33.9 Å². The van der Waals surface area contributed by atoms with E-state index in [1.54, 1.807) is 17.5 Å². The highest BCUT2D eigenvalue weighted by molar-refractivity contribution is 7.09. The zero-order valence-electron chi connectivity index (χ0n) is 12.2. The van der Waals surface area contributed by atoms with Crippen molar-refractivity contribution in [1.29, 1.82) is 0 Å². The lowest BCUT2D eigenvalue weighted by Crippen LogP contribution is -2.27. The minimum Gasteiger partial charge on any atom is -0.356 e. The molecule has 0 aliphatic heterocycles. The van der Waals surface area contributed by atoms with Gasteiger partial charge in [0.25, 0.3) is 0 Å². The SMILES string of the molecule is Cc1cc(C)nc(NCCC(=O)NCCc2nccs2)n1. The van der Waals surface area contributed by atoms with Crippen molar-refractivity contribution in [3.8, 4) is 0 Å². The van der Waals surface area contributed by atoms with Crippen LogP contribution in [0.3, 0.4) is 0 Å². The number of hydrogen-bond donors (Lipinski definition) is 2. The number of nitrogens with one attached hydrogen (secondary N) is 2. The molecule has 112 valence electrons. The van der Waals surface area contributed by atoms with Gasteiger partial charge in [0.05, 0.1) is 5.01 Å². The zero-order chi connectivity index (χ0) is 15.1. The average Bonchev–Trinajstić information content (AvgIpc) is 2.91. The molecular formula is C14H19N5OS. The van der Waals surface area contributed by atoms with Crippen molar-refractivity contribution < 1.29 is 4.79 Å². The fourth-order valence-electron chi connectivity index (χ4n) is 1.87. The molecule has 0 unspecified atom stereocenters. The van der Waals surface area contributed by atoms with E-state index >= 15 is 0 Å². The number of anilines is 1. The quantitative estimate of drug-likeness (QED) is 0.814. The molecule has 0 saturated carbocycles. The molecule has 2 aromatic heterocycles. The lowest BCUT2D eigenvalue weighted by molar-refractivity contribution is -0.120. The molecule has 2 aromatic rings. The molecule has 2 N–H and O–H groups in total. The van der Waals surface area contributed by atoms with Crippen molar-refractivity contribution >= 4 is 23.2 Å². The molecule has 0 saturated heterocycles. The fraction of sp³-hybridized carbons (Fsp3) is 0.429. The van der Waals surface area contributed by atoms with Gasteiger partial charge in [-0.2, -0.15) is 0 Å². The summed E-state index contributed by atoms with van der Waals surface area (Å²) in [4.78, 5) is 24.4. The van der Waals surface area contributed by atoms with Crippen molar-refractivity contribution in [3.05, 3.63) is 34.0 Å². The summed E-state index contributed by atoms with van der Waals surface area (Å²) >= 11 is 1.60. The molecule has 2 heterocycles. The first-order chi connectivity index (χ1) is 10.1. The molecule has 0 radical (unpaired) electrons. The normalized spacial score (nSPS) is 10.4. The Bertz CT molecular complexity index is 565. The number of aryl methyl sites for hydroxylation is 2. The van der Waals surface area contributed by atoms with Gasteiger partial charge in [-0.15, -0.1) is 11.3 Å². The van der Waals surface area contributed by atoms with Crippen LogP contribution >= 0.6 is 11.3 Å². The first-order valence-corrected chi connectivity index (χ1v) is 7.72. The largest absolute Gasteiger partial charge is 0.356 e. The first kappa shape index (κ1) is 15.4. The molecule has 0 fully saturated rings. The van der Waals surface area contributed by atoms with Gasteiger partial charge in [-0.25, -0.2) is 15.0 Å². The second kappa shape index (κ2) is 7.68. The van der Waals surface area contributed by atoms with E-state index in [1.807, 2.05) is 25.3 Å². The predicted octanol–water partition coefficient (Wildman–Crippen LogP) is 1.71. The van der Waals surface area contributed by atoms with Gasteiger partial charge in [0.2, 0.25) is 11.9 Å². The van der Waals surface area contributed by atoms with Gasteiger partial charge >= 0.3 is 0 Å². The number of thiazole rings is 1. The molecular weight excluding hydrogens is 286 g/mol. The van der Waals surface area contributed by atoms with Gasteiger partial charge in [0, 0.05) is 48.9 Å². The topological polar surface area (TPSA) is 79.8 Å². The van der Waals surface area contributed by atoms with E-state index < -0.39 is 0 Å². The van der Waals surface area contributed by atoms with Crippen LogP contribution in [0.5, 0.6) is 0 Å². The smallest absolute Gasteiger partial charge is 0.223 e. The maximum Gasteiger partial charge on any atom is 0.223 e. The third kappa shape index (κ3) is 5.47. The fourth-order valence-corrected chi connectivity index (χ4v) is 2.49. The Balaban J connectivity index is 1.64. The van der Waals surface area contributed by atoms with E-state index in [1.165, 1.54) is 0 Å². The minimum atomic E-state index is 0.0171. The maximum atomic E-state index is 11.7. The molecule has 6 nitrogen and oxygen atoms in total. The summed E-state index contributed by atoms with van der Waals surface area (Å²) in [6.45, 7) is 4.98. The highest BCUT2D eigenvalue weighted by Gasteiger charge is 2.03. The van der Waals surface area contributed by atoms with Crippen molar-refractivity contribution in [2.45, 2.75) is 26.7 Å². The molecule has 0 spiro atoms. The summed E-state index contributed by atoms with van der Waals surface area (Å²) in [7, 11) is 0. The second-order valence-corrected chi connectivity index (χ2v) is 5.66. The van der Waals surface area contributed by atoms with Crippen molar-refractivity contribution in [2.24, 2.45) is 0 Å². The van der Waals surface area contributed by atoms with Crippen LogP contribution in [0.4, 0.5) is 5.95 Å². The summed E-state index contributed by atoms with van der Waals surface area (Å²) in [6, 6.07) is 1.91. The van der Waals surface area contributed by atoms with Crippen LogP contribution < -0.4 is 10.6 Å². The number of hydrogen-bond acceptors (Lipinski definition) is 6. The van der Waals surface area contributed by atoms with Crippen LogP contribution in [0.15, 0.2) is 17.6 Å². The van der Waals surface area contributed by atoms with E-state index in [2.05, 4.69) is 25.6 Å². The summed E-state index contributed by atoms with van der Waals surface area (Å²) < 4.78 is 0. The Kier molecular flexibility index (Phi) is 5.62. The van der Waals surface area contributed by atoms with Crippen molar-refractivity contribution in [2.75, 3.05) is 18.4 Å². The number of aromatic nitrogens is 3. The van der Waals surface area contributed by atoms with E-state index in [4.69, 9.17) is 0 Å². The Labute approximate surface area is 128 Å². The number of carbonyl (C=O) groups is 1. The van der Waals surface area contributed by atoms with Crippen LogP contribution in [0.2, 0.25) is 0 Å². The second-order valence-electron chi connectivity index (χ2n) is 4.68. The lowest BCUT2D eigenvalue weighted by atomic mass is 10.3. The summed E-state index contributed by atoms with van der Waals surface area (Å²) in [5.74, 6) is 0.589. The molecule has 2 rings (SSSR count). The maximum absolute atomic E-state index is 11.7. The predicted molar refractivity (Wildman–Crippen MR) is 83.4 cm³/mol. The molecule has 1 amide bonds. The molecule has 0 bridgehead atoms.